The zero-order valence-electron chi connectivity index (χ0n) is 11.1. The molecule has 1 aromatic carbocycles. The molecule has 0 saturated carbocycles. The number of hydrogen-bond donors (Lipinski definition) is 0. The number of ether oxygens (including phenoxy) is 1. The number of esters is 1. The Kier molecular flexibility index (Phi) is 4.37. The number of rotatable bonds is 4. The van der Waals surface area contributed by atoms with E-state index in [9.17, 15) is 18.8 Å². The smallest absolute Gasteiger partial charge is 0.330 e. The van der Waals surface area contributed by atoms with Crippen molar-refractivity contribution in [3.8, 4) is 0 Å². The van der Waals surface area contributed by atoms with Crippen molar-refractivity contribution in [3.05, 3.63) is 40.7 Å². The SMILES string of the molecule is CCOC(=O)/C=C/CN1C(=O)C(=O)c2c(Cl)ccc(F)c21. The average molecular weight is 312 g/mol. The molecule has 0 aliphatic carbocycles. The predicted molar refractivity (Wildman–Crippen MR) is 73.9 cm³/mol. The van der Waals surface area contributed by atoms with Gasteiger partial charge < -0.3 is 4.74 Å². The van der Waals surface area contributed by atoms with Crippen LogP contribution in [0.4, 0.5) is 10.1 Å². The van der Waals surface area contributed by atoms with Gasteiger partial charge in [-0.15, -0.1) is 0 Å². The Bertz CT molecular complexity index is 657. The maximum absolute atomic E-state index is 13.9. The minimum Gasteiger partial charge on any atom is -0.463 e. The van der Waals surface area contributed by atoms with Crippen LogP contribution in [-0.4, -0.2) is 30.8 Å². The Morgan fingerprint density at radius 1 is 1.43 bits per heavy atom. The van der Waals surface area contributed by atoms with Crippen molar-refractivity contribution in [2.75, 3.05) is 18.1 Å². The minimum atomic E-state index is -0.884. The maximum Gasteiger partial charge on any atom is 0.330 e. The van der Waals surface area contributed by atoms with Crippen molar-refractivity contribution < 1.29 is 23.5 Å². The first-order valence-electron chi connectivity index (χ1n) is 6.14. The van der Waals surface area contributed by atoms with E-state index in [0.717, 1.165) is 17.0 Å². The molecule has 0 atom stereocenters. The summed E-state index contributed by atoms with van der Waals surface area (Å²) in [5, 5.41) is 0.0154. The third-order valence-corrected chi connectivity index (χ3v) is 3.16. The summed E-state index contributed by atoms with van der Waals surface area (Å²) in [6, 6.07) is 2.30. The first kappa shape index (κ1) is 15.2. The van der Waals surface area contributed by atoms with E-state index in [0.29, 0.717) is 0 Å². The van der Waals surface area contributed by atoms with Crippen LogP contribution in [0.2, 0.25) is 5.02 Å². The molecule has 0 fully saturated rings. The largest absolute Gasteiger partial charge is 0.463 e. The topological polar surface area (TPSA) is 63.7 Å². The van der Waals surface area contributed by atoms with Crippen LogP contribution in [0.1, 0.15) is 17.3 Å². The molecule has 1 aromatic rings. The summed E-state index contributed by atoms with van der Waals surface area (Å²) >= 11 is 5.83. The van der Waals surface area contributed by atoms with Gasteiger partial charge in [0.2, 0.25) is 0 Å². The molecule has 7 heteroatoms. The highest BCUT2D eigenvalue weighted by atomic mass is 35.5. The normalized spacial score (nSPS) is 14.0. The van der Waals surface area contributed by atoms with Gasteiger partial charge in [0, 0.05) is 12.6 Å². The third kappa shape index (κ3) is 2.80. The molecule has 21 heavy (non-hydrogen) atoms. The molecule has 0 unspecified atom stereocenters. The van der Waals surface area contributed by atoms with Gasteiger partial charge in [0.15, 0.2) is 0 Å². The molecule has 1 aliphatic rings. The van der Waals surface area contributed by atoms with Gasteiger partial charge in [-0.2, -0.15) is 0 Å². The standard InChI is InChI=1S/C14H11ClFNO4/c1-2-21-10(18)4-3-7-17-12-9(16)6-5-8(15)11(12)13(19)14(17)20/h3-6H,2,7H2,1H3/b4-3+. The van der Waals surface area contributed by atoms with Gasteiger partial charge in [0.05, 0.1) is 22.9 Å². The number of hydrogen-bond acceptors (Lipinski definition) is 4. The molecular weight excluding hydrogens is 301 g/mol. The number of anilines is 1. The number of benzene rings is 1. The zero-order valence-corrected chi connectivity index (χ0v) is 11.8. The molecule has 5 nitrogen and oxygen atoms in total. The van der Waals surface area contributed by atoms with Crippen LogP contribution in [-0.2, 0) is 14.3 Å². The molecule has 2 rings (SSSR count). The maximum atomic E-state index is 13.9. The van der Waals surface area contributed by atoms with Crippen molar-refractivity contribution in [1.29, 1.82) is 0 Å². The quantitative estimate of drug-likeness (QED) is 0.485. The zero-order chi connectivity index (χ0) is 15.6. The van der Waals surface area contributed by atoms with Gasteiger partial charge in [0.25, 0.3) is 11.7 Å². The van der Waals surface area contributed by atoms with E-state index in [1.54, 1.807) is 6.92 Å². The Labute approximate surface area is 124 Å². The summed E-state index contributed by atoms with van der Waals surface area (Å²) in [7, 11) is 0. The van der Waals surface area contributed by atoms with Crippen LogP contribution in [0.25, 0.3) is 0 Å². The number of Topliss-reactive ketones (excluding diaryl/α,β-unsaturated/α-hetero) is 1. The lowest BCUT2D eigenvalue weighted by atomic mass is 10.1. The lowest BCUT2D eigenvalue weighted by Gasteiger charge is -2.14. The number of nitrogens with zero attached hydrogens (tertiary/aromatic N) is 1. The number of ketones is 1. The van der Waals surface area contributed by atoms with Crippen LogP contribution in [0.3, 0.4) is 0 Å². The fraction of sp³-hybridized carbons (Fsp3) is 0.214. The molecule has 0 saturated heterocycles. The number of halogens is 2. The summed E-state index contributed by atoms with van der Waals surface area (Å²) in [4.78, 5) is 35.8. The van der Waals surface area contributed by atoms with E-state index >= 15 is 0 Å². The summed E-state index contributed by atoms with van der Waals surface area (Å²) < 4.78 is 18.5. The molecule has 1 amide bonds. The second-order valence-corrected chi connectivity index (χ2v) is 4.56. The molecule has 0 radical (unpaired) electrons. The van der Waals surface area contributed by atoms with Crippen molar-refractivity contribution >= 4 is 34.9 Å². The fourth-order valence-corrected chi connectivity index (χ4v) is 2.21. The lowest BCUT2D eigenvalue weighted by molar-refractivity contribution is -0.137. The van der Waals surface area contributed by atoms with E-state index in [1.807, 2.05) is 0 Å². The lowest BCUT2D eigenvalue weighted by Crippen LogP contribution is -2.30. The van der Waals surface area contributed by atoms with Crippen molar-refractivity contribution in [2.45, 2.75) is 6.92 Å². The molecule has 0 N–H and O–H groups in total. The van der Waals surface area contributed by atoms with Crippen LogP contribution in [0.5, 0.6) is 0 Å². The van der Waals surface area contributed by atoms with Crippen molar-refractivity contribution in [1.82, 2.24) is 0 Å². The van der Waals surface area contributed by atoms with E-state index in [1.165, 1.54) is 12.1 Å². The molecular formula is C14H11ClFNO4. The second-order valence-electron chi connectivity index (χ2n) is 4.15. The van der Waals surface area contributed by atoms with Gasteiger partial charge in [0.1, 0.15) is 5.82 Å². The van der Waals surface area contributed by atoms with Crippen LogP contribution >= 0.6 is 11.6 Å². The highest BCUT2D eigenvalue weighted by Gasteiger charge is 2.39. The summed E-state index contributed by atoms with van der Waals surface area (Å²) in [6.07, 6.45) is 2.43. The summed E-state index contributed by atoms with van der Waals surface area (Å²) in [5.74, 6) is -3.05. The summed E-state index contributed by atoms with van der Waals surface area (Å²) in [6.45, 7) is 1.74. The first-order valence-corrected chi connectivity index (χ1v) is 6.52. The molecule has 0 bridgehead atoms. The predicted octanol–water partition coefficient (Wildman–Crippen LogP) is 2.13. The van der Waals surface area contributed by atoms with Gasteiger partial charge in [-0.05, 0) is 19.1 Å². The van der Waals surface area contributed by atoms with Gasteiger partial charge in [-0.25, -0.2) is 9.18 Å². The highest BCUT2D eigenvalue weighted by Crippen LogP contribution is 2.36. The average Bonchev–Trinajstić information content (AvgIpc) is 2.69. The van der Waals surface area contributed by atoms with Gasteiger partial charge in [-0.3, -0.25) is 14.5 Å². The Hall–Kier alpha value is -2.21. The van der Waals surface area contributed by atoms with Crippen molar-refractivity contribution in [2.24, 2.45) is 0 Å². The minimum absolute atomic E-state index is 0.0154. The Balaban J connectivity index is 2.28. The number of amides is 1. The monoisotopic (exact) mass is 311 g/mol. The molecule has 0 spiro atoms. The van der Waals surface area contributed by atoms with E-state index in [4.69, 9.17) is 11.6 Å². The second kappa shape index (κ2) is 6.05. The number of carbonyl (C=O) groups excluding carboxylic acids is 3. The molecule has 110 valence electrons. The van der Waals surface area contributed by atoms with Gasteiger partial charge in [-0.1, -0.05) is 17.7 Å². The first-order chi connectivity index (χ1) is 9.97. The Morgan fingerprint density at radius 2 is 2.14 bits per heavy atom. The van der Waals surface area contributed by atoms with Crippen molar-refractivity contribution in [3.63, 3.8) is 0 Å². The highest BCUT2D eigenvalue weighted by molar-refractivity contribution is 6.55. The van der Waals surface area contributed by atoms with E-state index in [-0.39, 0.29) is 29.4 Å². The summed E-state index contributed by atoms with van der Waals surface area (Å²) in [5.41, 5.74) is -0.308. The molecule has 1 heterocycles. The van der Waals surface area contributed by atoms with Crippen LogP contribution in [0, 0.1) is 5.82 Å². The van der Waals surface area contributed by atoms with E-state index < -0.39 is 23.5 Å². The van der Waals surface area contributed by atoms with E-state index in [2.05, 4.69) is 4.74 Å². The van der Waals surface area contributed by atoms with Crippen LogP contribution < -0.4 is 4.90 Å². The fourth-order valence-electron chi connectivity index (χ4n) is 1.97. The molecule has 0 aromatic heterocycles. The third-order valence-electron chi connectivity index (χ3n) is 2.84. The number of fused-ring (bicyclic) bond motifs is 1. The number of carbonyl (C=O) groups is 3. The van der Waals surface area contributed by atoms with Gasteiger partial charge >= 0.3 is 5.97 Å². The molecule has 1 aliphatic heterocycles. The Morgan fingerprint density at radius 3 is 2.81 bits per heavy atom. The van der Waals surface area contributed by atoms with Crippen LogP contribution in [0.15, 0.2) is 24.3 Å².